The molecule has 1 aromatic rings. The monoisotopic (exact) mass is 314 g/mol. The zero-order chi connectivity index (χ0) is 16.5. The Hall–Kier alpha value is -2.26. The summed E-state index contributed by atoms with van der Waals surface area (Å²) >= 11 is 1.48. The van der Waals surface area contributed by atoms with Crippen LogP contribution in [-0.4, -0.2) is 33.5 Å². The lowest BCUT2D eigenvalue weighted by atomic mass is 10.1. The average Bonchev–Trinajstić information content (AvgIpc) is 2.77. The summed E-state index contributed by atoms with van der Waals surface area (Å²) in [6.45, 7) is 6.24. The minimum Gasteiger partial charge on any atom is -0.545 e. The maximum Gasteiger partial charge on any atom is 0.328 e. The fraction of sp³-hybridized carbons (Fsp3) is 0.333. The van der Waals surface area contributed by atoms with E-state index in [0.29, 0.717) is 23.2 Å². The molecule has 0 spiro atoms. The van der Waals surface area contributed by atoms with Crippen molar-refractivity contribution in [2.24, 2.45) is 10.7 Å². The summed E-state index contributed by atoms with van der Waals surface area (Å²) in [5.74, 6) is -2.27. The average molecular weight is 314 g/mol. The molecule has 1 heterocycles. The largest absolute Gasteiger partial charge is 0.545 e. The van der Waals surface area contributed by atoms with E-state index in [1.807, 2.05) is 10.7 Å². The summed E-state index contributed by atoms with van der Waals surface area (Å²) in [6, 6.07) is 0. The Balaban J connectivity index is 0.000000433. The second-order valence-electron chi connectivity index (χ2n) is 4.85. The van der Waals surface area contributed by atoms with Crippen molar-refractivity contribution < 1.29 is 25.1 Å². The van der Waals surface area contributed by atoms with Crippen molar-refractivity contribution in [1.82, 2.24) is 4.98 Å². The van der Waals surface area contributed by atoms with Crippen LogP contribution in [0, 0.1) is 0 Å². The van der Waals surface area contributed by atoms with Gasteiger partial charge in [-0.1, -0.05) is 0 Å². The summed E-state index contributed by atoms with van der Waals surface area (Å²) in [5.41, 5.74) is 5.77. The molecular weight excluding hydrogens is 296 g/mol. The Morgan fingerprint density at radius 2 is 2.10 bits per heavy atom. The number of rotatable bonds is 3. The van der Waals surface area contributed by atoms with Gasteiger partial charge in [0.05, 0.1) is 11.5 Å². The molecule has 0 unspecified atom stereocenters. The Kier molecular flexibility index (Phi) is 7.87. The molecule has 0 atom stereocenters. The van der Waals surface area contributed by atoms with Gasteiger partial charge in [-0.15, -0.1) is 16.3 Å². The number of carbonyl (C=O) groups excluding carboxylic acids is 1. The van der Waals surface area contributed by atoms with E-state index >= 15 is 0 Å². The van der Waals surface area contributed by atoms with Gasteiger partial charge in [0, 0.05) is 17.7 Å². The van der Waals surface area contributed by atoms with Crippen molar-refractivity contribution in [1.29, 1.82) is 0 Å². The predicted molar refractivity (Wildman–Crippen MR) is 76.9 cm³/mol. The van der Waals surface area contributed by atoms with Crippen LogP contribution in [0.15, 0.2) is 28.7 Å². The van der Waals surface area contributed by atoms with Gasteiger partial charge in [0.1, 0.15) is 0 Å². The molecule has 116 valence electrons. The number of guanidine groups is 1. The van der Waals surface area contributed by atoms with Crippen molar-refractivity contribution >= 4 is 34.4 Å². The van der Waals surface area contributed by atoms with Crippen molar-refractivity contribution in [3.63, 3.8) is 0 Å². The molecule has 0 amide bonds. The molecule has 0 radical (unpaired) electrons. The molecule has 5 N–H and O–H groups in total. The fourth-order valence-corrected chi connectivity index (χ4v) is 1.52. The lowest BCUT2D eigenvalue weighted by molar-refractivity contribution is -0.615. The summed E-state index contributed by atoms with van der Waals surface area (Å²) < 4.78 is 0. The molecule has 1 aromatic heterocycles. The summed E-state index contributed by atoms with van der Waals surface area (Å²) in [6.07, 6.45) is 2.66. The van der Waals surface area contributed by atoms with Crippen LogP contribution in [0.5, 0.6) is 0 Å². The molecule has 0 bridgehead atoms. The first kappa shape index (κ1) is 18.7. The highest BCUT2D eigenvalue weighted by atomic mass is 32.1. The zero-order valence-corrected chi connectivity index (χ0v) is 12.8. The molecule has 21 heavy (non-hydrogen) atoms. The van der Waals surface area contributed by atoms with Crippen molar-refractivity contribution in [2.75, 3.05) is 0 Å². The Labute approximate surface area is 126 Å². The third-order valence-electron chi connectivity index (χ3n) is 1.59. The van der Waals surface area contributed by atoms with Gasteiger partial charge >= 0.3 is 5.97 Å². The number of aromatic nitrogens is 1. The second-order valence-corrected chi connectivity index (χ2v) is 5.73. The van der Waals surface area contributed by atoms with Crippen LogP contribution in [0.2, 0.25) is 0 Å². The van der Waals surface area contributed by atoms with Crippen LogP contribution >= 0.6 is 11.3 Å². The van der Waals surface area contributed by atoms with Gasteiger partial charge in [0.25, 0.3) is 5.96 Å². The van der Waals surface area contributed by atoms with Crippen LogP contribution in [0.1, 0.15) is 20.8 Å². The van der Waals surface area contributed by atoms with Crippen LogP contribution in [0.3, 0.4) is 0 Å². The smallest absolute Gasteiger partial charge is 0.328 e. The van der Waals surface area contributed by atoms with Gasteiger partial charge in [-0.05, 0) is 26.8 Å². The molecule has 1 rings (SSSR count). The van der Waals surface area contributed by atoms with Crippen molar-refractivity contribution in [3.05, 3.63) is 23.7 Å². The first-order chi connectivity index (χ1) is 9.60. The number of aliphatic imine (C=N–C) groups is 1. The van der Waals surface area contributed by atoms with E-state index in [1.165, 1.54) is 11.3 Å². The van der Waals surface area contributed by atoms with Crippen molar-refractivity contribution in [2.45, 2.75) is 26.3 Å². The molecule has 0 saturated carbocycles. The minimum atomic E-state index is -1.51. The minimum absolute atomic E-state index is 0.0604. The van der Waals surface area contributed by atoms with Crippen LogP contribution in [0.4, 0.5) is 5.13 Å². The van der Waals surface area contributed by atoms with Crippen LogP contribution in [0.25, 0.3) is 0 Å². The molecule has 0 aliphatic carbocycles. The molecular formula is C12H18N4O4S. The number of carboxylic acid groups (broad SMARTS) is 2. The topological polar surface area (TPSA) is 145 Å². The zero-order valence-electron chi connectivity index (χ0n) is 11.9. The summed E-state index contributed by atoms with van der Waals surface area (Å²) in [5, 5.41) is 21.7. The van der Waals surface area contributed by atoms with E-state index in [9.17, 15) is 14.7 Å². The highest BCUT2D eigenvalue weighted by Crippen LogP contribution is 2.13. The van der Waals surface area contributed by atoms with E-state index in [4.69, 9.17) is 10.8 Å². The molecule has 0 saturated heterocycles. The molecule has 8 nitrogen and oxygen atoms in total. The Morgan fingerprint density at radius 3 is 2.43 bits per heavy atom. The highest BCUT2D eigenvalue weighted by molar-refractivity contribution is 7.13. The summed E-state index contributed by atoms with van der Waals surface area (Å²) in [4.78, 5) is 27.1. The quantitative estimate of drug-likeness (QED) is 0.364. The van der Waals surface area contributed by atoms with Gasteiger partial charge in [-0.25, -0.2) is 9.78 Å². The first-order valence-electron chi connectivity index (χ1n) is 5.81. The van der Waals surface area contributed by atoms with E-state index in [-0.39, 0.29) is 5.54 Å². The third kappa shape index (κ3) is 12.5. The highest BCUT2D eigenvalue weighted by Gasteiger charge is 2.15. The molecule has 0 aliphatic heterocycles. The van der Waals surface area contributed by atoms with Gasteiger partial charge in [-0.2, -0.15) is 0 Å². The standard InChI is InChI=1S/C8H14N4S.C4H4O4/c1-8(2,3)12-6(9)11-7-10-4-5-13-7;5-3(6)1-2-4(7)8/h4-5H,1-3H3,(H3,9,10,11,12);1-2H,(H,5,6)(H,7,8)/b;2-1-. The van der Waals surface area contributed by atoms with E-state index in [2.05, 4.69) is 30.7 Å². The maximum atomic E-state index is 9.53. The van der Waals surface area contributed by atoms with Gasteiger partial charge in [-0.3, -0.25) is 5.32 Å². The number of hydrogen-bond donors (Lipinski definition) is 3. The number of quaternary nitrogens is 1. The predicted octanol–water partition coefficient (Wildman–Crippen LogP) is -1.17. The van der Waals surface area contributed by atoms with Gasteiger partial charge in [0.15, 0.2) is 0 Å². The van der Waals surface area contributed by atoms with E-state index < -0.39 is 11.9 Å². The third-order valence-corrected chi connectivity index (χ3v) is 2.25. The van der Waals surface area contributed by atoms with E-state index in [1.54, 1.807) is 6.20 Å². The number of carboxylic acids is 2. The SMILES string of the molecule is CC(C)(C)[NH2+]C(N)=Nc1nccs1.O=C([O-])/C=C\C(=O)O. The number of aliphatic carboxylic acids is 2. The summed E-state index contributed by atoms with van der Waals surface area (Å²) in [7, 11) is 0. The van der Waals surface area contributed by atoms with Crippen molar-refractivity contribution in [3.8, 4) is 0 Å². The van der Waals surface area contributed by atoms with E-state index in [0.717, 1.165) is 0 Å². The molecule has 0 fully saturated rings. The number of nitrogens with zero attached hydrogens (tertiary/aromatic N) is 2. The molecule has 0 aromatic carbocycles. The van der Waals surface area contributed by atoms with Gasteiger partial charge in [0.2, 0.25) is 5.13 Å². The van der Waals surface area contributed by atoms with Gasteiger partial charge < -0.3 is 20.7 Å². The lowest BCUT2D eigenvalue weighted by Gasteiger charge is -2.14. The number of thiazole rings is 1. The van der Waals surface area contributed by atoms with Crippen LogP contribution < -0.4 is 16.2 Å². The number of hydrogen-bond acceptors (Lipinski definition) is 6. The lowest BCUT2D eigenvalue weighted by Crippen LogP contribution is -2.99. The first-order valence-corrected chi connectivity index (χ1v) is 6.69. The number of carbonyl (C=O) groups is 2. The number of nitrogens with two attached hydrogens (primary N) is 2. The molecule has 0 aliphatic rings. The fourth-order valence-electron chi connectivity index (χ4n) is 0.997. The normalized spacial score (nSPS) is 11.9. The Morgan fingerprint density at radius 1 is 1.48 bits per heavy atom. The Bertz CT molecular complexity index is 502. The molecule has 9 heteroatoms. The maximum absolute atomic E-state index is 9.53. The second kappa shape index (κ2) is 8.82. The van der Waals surface area contributed by atoms with Crippen LogP contribution in [-0.2, 0) is 9.59 Å².